The van der Waals surface area contributed by atoms with Gasteiger partial charge in [0.05, 0.1) is 5.75 Å². The van der Waals surface area contributed by atoms with Crippen LogP contribution in [-0.4, -0.2) is 14.7 Å². The molecular weight excluding hydrogens is 302 g/mol. The third-order valence-corrected chi connectivity index (χ3v) is 5.17. The number of hydrogen-bond acceptors (Lipinski definition) is 3. The Labute approximate surface area is 130 Å². The van der Waals surface area contributed by atoms with Gasteiger partial charge in [0.1, 0.15) is 0 Å². The van der Waals surface area contributed by atoms with Gasteiger partial charge in [0, 0.05) is 11.4 Å². The fourth-order valence-corrected chi connectivity index (χ4v) is 3.42. The first-order valence-corrected chi connectivity index (χ1v) is 9.52. The van der Waals surface area contributed by atoms with Crippen molar-refractivity contribution >= 4 is 21.8 Å². The highest BCUT2D eigenvalue weighted by Crippen LogP contribution is 2.15. The van der Waals surface area contributed by atoms with Crippen LogP contribution in [0.4, 0.5) is 0 Å². The summed E-state index contributed by atoms with van der Waals surface area (Å²) >= 11 is 1.67. The Kier molecular flexibility index (Phi) is 5.45. The molecule has 0 bridgehead atoms. The molecule has 2 aromatic rings. The van der Waals surface area contributed by atoms with Crippen LogP contribution in [0.15, 0.2) is 53.4 Å². The summed E-state index contributed by atoms with van der Waals surface area (Å²) in [6, 6.07) is 15.4. The smallest absolute Gasteiger partial charge is 0.212 e. The lowest BCUT2D eigenvalue weighted by Crippen LogP contribution is -2.24. The predicted molar refractivity (Wildman–Crippen MR) is 88.9 cm³/mol. The second kappa shape index (κ2) is 7.11. The van der Waals surface area contributed by atoms with Crippen molar-refractivity contribution in [3.63, 3.8) is 0 Å². The molecule has 0 atom stereocenters. The summed E-state index contributed by atoms with van der Waals surface area (Å²) in [5.74, 6) is 0.0101. The third-order valence-electron chi connectivity index (χ3n) is 3.13. The van der Waals surface area contributed by atoms with Gasteiger partial charge in [-0.05, 0) is 36.4 Å². The number of benzene rings is 2. The molecule has 0 saturated heterocycles. The zero-order valence-electron chi connectivity index (χ0n) is 12.2. The van der Waals surface area contributed by atoms with E-state index in [9.17, 15) is 8.42 Å². The van der Waals surface area contributed by atoms with Crippen LogP contribution >= 0.6 is 11.8 Å². The minimum Gasteiger partial charge on any atom is -0.212 e. The molecule has 0 saturated carbocycles. The first kappa shape index (κ1) is 16.1. The van der Waals surface area contributed by atoms with Gasteiger partial charge in [-0.3, -0.25) is 0 Å². The number of thioether (sulfide) groups is 1. The van der Waals surface area contributed by atoms with Crippen molar-refractivity contribution in [1.82, 2.24) is 4.72 Å². The fourth-order valence-electron chi connectivity index (χ4n) is 1.89. The van der Waals surface area contributed by atoms with E-state index in [1.807, 2.05) is 61.7 Å². The molecule has 0 aliphatic rings. The van der Waals surface area contributed by atoms with Crippen molar-refractivity contribution in [3.05, 3.63) is 65.2 Å². The minimum atomic E-state index is -3.32. The van der Waals surface area contributed by atoms with Gasteiger partial charge in [-0.25, -0.2) is 13.1 Å². The first-order valence-electron chi connectivity index (χ1n) is 6.64. The summed E-state index contributed by atoms with van der Waals surface area (Å²) in [5.41, 5.74) is 2.88. The largest absolute Gasteiger partial charge is 0.216 e. The zero-order valence-corrected chi connectivity index (χ0v) is 13.8. The molecule has 0 radical (unpaired) electrons. The number of rotatable bonds is 6. The summed E-state index contributed by atoms with van der Waals surface area (Å²) in [6.07, 6.45) is 2.01. The van der Waals surface area contributed by atoms with Crippen molar-refractivity contribution in [1.29, 1.82) is 0 Å². The summed E-state index contributed by atoms with van der Waals surface area (Å²) in [6.45, 7) is 2.30. The molecule has 112 valence electrons. The van der Waals surface area contributed by atoms with Gasteiger partial charge >= 0.3 is 0 Å². The highest BCUT2D eigenvalue weighted by Gasteiger charge is 2.11. The summed E-state index contributed by atoms with van der Waals surface area (Å²) in [4.78, 5) is 1.17. The molecule has 1 N–H and O–H groups in total. The van der Waals surface area contributed by atoms with E-state index in [0.29, 0.717) is 6.54 Å². The van der Waals surface area contributed by atoms with Gasteiger partial charge in [0.15, 0.2) is 0 Å². The molecular formula is C16H19NO2S2. The average Bonchev–Trinajstić information content (AvgIpc) is 2.48. The van der Waals surface area contributed by atoms with Gasteiger partial charge in [0.25, 0.3) is 0 Å². The van der Waals surface area contributed by atoms with Crippen LogP contribution in [0.3, 0.4) is 0 Å². The maximum absolute atomic E-state index is 12.1. The van der Waals surface area contributed by atoms with E-state index < -0.39 is 10.0 Å². The molecule has 0 fully saturated rings. The first-order chi connectivity index (χ1) is 9.98. The molecule has 0 aromatic heterocycles. The Morgan fingerprint density at radius 3 is 2.10 bits per heavy atom. The molecule has 0 heterocycles. The Morgan fingerprint density at radius 1 is 0.952 bits per heavy atom. The average molecular weight is 321 g/mol. The van der Waals surface area contributed by atoms with Crippen LogP contribution in [0.1, 0.15) is 16.7 Å². The summed E-state index contributed by atoms with van der Waals surface area (Å²) in [5, 5.41) is 0. The Balaban J connectivity index is 1.95. The zero-order chi connectivity index (χ0) is 15.3. The van der Waals surface area contributed by atoms with Crippen molar-refractivity contribution in [2.75, 3.05) is 6.26 Å². The van der Waals surface area contributed by atoms with Gasteiger partial charge in [-0.15, -0.1) is 11.8 Å². The van der Waals surface area contributed by atoms with Crippen LogP contribution in [0, 0.1) is 6.92 Å². The lowest BCUT2D eigenvalue weighted by Gasteiger charge is -2.08. The standard InChI is InChI=1S/C16H19NO2S2/c1-13-3-5-15(6-4-13)12-21(18,19)17-11-14-7-9-16(20-2)10-8-14/h3-10,17H,11-12H2,1-2H3. The molecule has 0 aliphatic heterocycles. The molecule has 3 nitrogen and oxygen atoms in total. The van der Waals surface area contributed by atoms with E-state index in [1.165, 1.54) is 4.90 Å². The van der Waals surface area contributed by atoms with E-state index in [0.717, 1.165) is 16.7 Å². The third kappa shape index (κ3) is 5.19. The quantitative estimate of drug-likeness (QED) is 0.830. The topological polar surface area (TPSA) is 46.2 Å². The van der Waals surface area contributed by atoms with E-state index in [4.69, 9.17) is 0 Å². The Morgan fingerprint density at radius 2 is 1.52 bits per heavy atom. The molecule has 2 rings (SSSR count). The van der Waals surface area contributed by atoms with Crippen molar-refractivity contribution in [2.24, 2.45) is 0 Å². The second-order valence-electron chi connectivity index (χ2n) is 4.91. The van der Waals surface area contributed by atoms with Crippen LogP contribution in [0.2, 0.25) is 0 Å². The Bertz CT molecular complexity index is 677. The molecule has 2 aromatic carbocycles. The van der Waals surface area contributed by atoms with Gasteiger partial charge in [-0.2, -0.15) is 0 Å². The molecule has 0 aliphatic carbocycles. The van der Waals surface area contributed by atoms with E-state index in [1.54, 1.807) is 11.8 Å². The van der Waals surface area contributed by atoms with E-state index in [2.05, 4.69) is 4.72 Å². The van der Waals surface area contributed by atoms with Crippen molar-refractivity contribution in [3.8, 4) is 0 Å². The fraction of sp³-hybridized carbons (Fsp3) is 0.250. The summed E-state index contributed by atoms with van der Waals surface area (Å²) in [7, 11) is -3.32. The maximum Gasteiger partial charge on any atom is 0.216 e. The highest BCUT2D eigenvalue weighted by molar-refractivity contribution is 7.98. The highest BCUT2D eigenvalue weighted by atomic mass is 32.2. The number of hydrogen-bond donors (Lipinski definition) is 1. The van der Waals surface area contributed by atoms with Gasteiger partial charge < -0.3 is 0 Å². The monoisotopic (exact) mass is 321 g/mol. The number of aryl methyl sites for hydroxylation is 1. The van der Waals surface area contributed by atoms with Gasteiger partial charge in [-0.1, -0.05) is 42.0 Å². The molecule has 0 unspecified atom stereocenters. The van der Waals surface area contributed by atoms with Crippen LogP contribution in [0.25, 0.3) is 0 Å². The van der Waals surface area contributed by atoms with E-state index >= 15 is 0 Å². The molecule has 0 amide bonds. The van der Waals surface area contributed by atoms with E-state index in [-0.39, 0.29) is 5.75 Å². The SMILES string of the molecule is CSc1ccc(CNS(=O)(=O)Cc2ccc(C)cc2)cc1. The summed E-state index contributed by atoms with van der Waals surface area (Å²) < 4.78 is 26.8. The number of sulfonamides is 1. The molecule has 5 heteroatoms. The van der Waals surface area contributed by atoms with Crippen molar-refractivity contribution < 1.29 is 8.42 Å². The lowest BCUT2D eigenvalue weighted by molar-refractivity contribution is 0.580. The van der Waals surface area contributed by atoms with Crippen LogP contribution < -0.4 is 4.72 Å². The Hall–Kier alpha value is -1.30. The maximum atomic E-state index is 12.1. The number of nitrogens with one attached hydrogen (secondary N) is 1. The normalized spacial score (nSPS) is 11.5. The second-order valence-corrected chi connectivity index (χ2v) is 7.60. The molecule has 21 heavy (non-hydrogen) atoms. The lowest BCUT2D eigenvalue weighted by atomic mass is 10.2. The van der Waals surface area contributed by atoms with Crippen molar-refractivity contribution in [2.45, 2.75) is 24.1 Å². The van der Waals surface area contributed by atoms with Crippen LogP contribution in [-0.2, 0) is 22.3 Å². The predicted octanol–water partition coefficient (Wildman–Crippen LogP) is 3.34. The van der Waals surface area contributed by atoms with Crippen LogP contribution in [0.5, 0.6) is 0 Å². The van der Waals surface area contributed by atoms with Gasteiger partial charge in [0.2, 0.25) is 10.0 Å². The molecule has 0 spiro atoms. The minimum absolute atomic E-state index is 0.0101.